The number of benzene rings is 12. The van der Waals surface area contributed by atoms with Crippen molar-refractivity contribution in [1.29, 1.82) is 0 Å². The summed E-state index contributed by atoms with van der Waals surface area (Å²) >= 11 is 0. The third-order valence-corrected chi connectivity index (χ3v) is 13.3. The van der Waals surface area contributed by atoms with Crippen molar-refractivity contribution in [2.45, 2.75) is 0 Å². The Balaban J connectivity index is 1.15. The molecule has 0 heteroatoms. The Bertz CT molecular complexity index is 3750. The molecule has 0 spiro atoms. The minimum atomic E-state index is 1.20. The van der Waals surface area contributed by atoms with E-state index in [4.69, 9.17) is 0 Å². The summed E-state index contributed by atoms with van der Waals surface area (Å²) in [5.41, 5.74) is 17.7. The Kier molecular flexibility index (Phi) is 7.71. The summed E-state index contributed by atoms with van der Waals surface area (Å²) in [5, 5.41) is 12.8. The highest BCUT2D eigenvalue weighted by Gasteiger charge is 2.31. The van der Waals surface area contributed by atoms with Gasteiger partial charge in [0.2, 0.25) is 0 Å². The molecule has 0 aromatic heterocycles. The average Bonchev–Trinajstić information content (AvgIpc) is 3.67. The van der Waals surface area contributed by atoms with Crippen LogP contribution < -0.4 is 0 Å². The lowest BCUT2D eigenvalue weighted by molar-refractivity contribution is 1.61. The smallest absolute Gasteiger partial charge is 0.000719 e. The van der Waals surface area contributed by atoms with E-state index in [0.29, 0.717) is 0 Å². The van der Waals surface area contributed by atoms with E-state index < -0.39 is 0 Å². The van der Waals surface area contributed by atoms with Crippen LogP contribution in [0.3, 0.4) is 0 Å². The molecule has 286 valence electrons. The predicted octanol–water partition coefficient (Wildman–Crippen LogP) is 17.4. The highest BCUT2D eigenvalue weighted by Crippen LogP contribution is 2.59. The molecule has 13 rings (SSSR count). The van der Waals surface area contributed by atoms with Gasteiger partial charge in [-0.15, -0.1) is 0 Å². The molecule has 0 saturated heterocycles. The summed E-state index contributed by atoms with van der Waals surface area (Å²) in [4.78, 5) is 0. The van der Waals surface area contributed by atoms with Crippen molar-refractivity contribution < 1.29 is 0 Å². The Morgan fingerprint density at radius 1 is 0.177 bits per heavy atom. The van der Waals surface area contributed by atoms with Gasteiger partial charge in [-0.05, 0) is 150 Å². The molecule has 1 aliphatic carbocycles. The molecule has 0 amide bonds. The molecule has 0 atom stereocenters. The van der Waals surface area contributed by atoms with Crippen LogP contribution in [0.4, 0.5) is 0 Å². The summed E-state index contributed by atoms with van der Waals surface area (Å²) in [7, 11) is 0. The summed E-state index contributed by atoms with van der Waals surface area (Å²) in [6, 6.07) is 85.6. The first kappa shape index (κ1) is 34.8. The topological polar surface area (TPSA) is 0 Å². The largest absolute Gasteiger partial charge is 0.0622 e. The Morgan fingerprint density at radius 3 is 1.13 bits per heavy atom. The van der Waals surface area contributed by atoms with Crippen LogP contribution in [0.1, 0.15) is 0 Å². The van der Waals surface area contributed by atoms with Gasteiger partial charge in [-0.2, -0.15) is 0 Å². The van der Waals surface area contributed by atoms with E-state index in [-0.39, 0.29) is 0 Å². The number of hydrogen-bond acceptors (Lipinski definition) is 0. The molecule has 0 saturated carbocycles. The van der Waals surface area contributed by atoms with Crippen molar-refractivity contribution in [1.82, 2.24) is 0 Å². The lowest BCUT2D eigenvalue weighted by Gasteiger charge is -2.22. The maximum Gasteiger partial charge on any atom is -0.000719 e. The van der Waals surface area contributed by atoms with Crippen molar-refractivity contribution >= 4 is 53.9 Å². The molecule has 0 heterocycles. The summed E-state index contributed by atoms with van der Waals surface area (Å²) in [6.07, 6.45) is 0. The minimum Gasteiger partial charge on any atom is -0.0622 e. The van der Waals surface area contributed by atoms with E-state index >= 15 is 0 Å². The molecule has 0 aliphatic heterocycles. The average molecular weight is 783 g/mol. The highest BCUT2D eigenvalue weighted by molar-refractivity contribution is 6.31. The second-order valence-electron chi connectivity index (χ2n) is 16.7. The van der Waals surface area contributed by atoms with E-state index in [0.717, 1.165) is 0 Å². The first-order chi connectivity index (χ1) is 30.8. The fourth-order valence-corrected chi connectivity index (χ4v) is 10.8. The third kappa shape index (κ3) is 5.14. The Morgan fingerprint density at radius 2 is 0.565 bits per heavy atom. The van der Waals surface area contributed by atoms with Crippen LogP contribution in [-0.4, -0.2) is 0 Å². The molecule has 12 aromatic rings. The van der Waals surface area contributed by atoms with E-state index in [9.17, 15) is 0 Å². The Labute approximate surface area is 360 Å². The van der Waals surface area contributed by atoms with Crippen molar-refractivity contribution in [3.05, 3.63) is 231 Å². The quantitative estimate of drug-likeness (QED) is 0.120. The van der Waals surface area contributed by atoms with Crippen molar-refractivity contribution in [2.75, 3.05) is 0 Å². The second kappa shape index (κ2) is 13.7. The molecule has 1 aliphatic rings. The maximum atomic E-state index is 2.48. The van der Waals surface area contributed by atoms with Gasteiger partial charge in [0.15, 0.2) is 0 Å². The SMILES string of the molecule is c1ccc(-c2c3c(c(-c4ccccc4)c4cc(-c5ccc6c(-c7ccccc7)c7ccccc7c(-c7ccccc7)c6c5)ccc24)-c2cc4ccccc4c4cccc-3c24)cc1. The minimum absolute atomic E-state index is 1.20. The number of rotatable bonds is 5. The molecule has 0 N–H and O–H groups in total. The zero-order chi connectivity index (χ0) is 40.7. The molecule has 0 unspecified atom stereocenters. The first-order valence-electron chi connectivity index (χ1n) is 21.6. The molecule has 62 heavy (non-hydrogen) atoms. The zero-order valence-electron chi connectivity index (χ0n) is 33.9. The predicted molar refractivity (Wildman–Crippen MR) is 266 cm³/mol. The van der Waals surface area contributed by atoms with Crippen LogP contribution in [-0.2, 0) is 0 Å². The van der Waals surface area contributed by atoms with Crippen molar-refractivity contribution in [3.8, 4) is 77.9 Å². The van der Waals surface area contributed by atoms with Gasteiger partial charge >= 0.3 is 0 Å². The van der Waals surface area contributed by atoms with Gasteiger partial charge in [-0.1, -0.05) is 212 Å². The molecule has 0 radical (unpaired) electrons. The summed E-state index contributed by atoms with van der Waals surface area (Å²) in [6.45, 7) is 0. The van der Waals surface area contributed by atoms with Crippen LogP contribution in [0.5, 0.6) is 0 Å². The third-order valence-electron chi connectivity index (χ3n) is 13.3. The molecule has 0 bridgehead atoms. The Hall–Kier alpha value is -8.06. The lowest BCUT2D eigenvalue weighted by atomic mass is 9.81. The van der Waals surface area contributed by atoms with E-state index in [1.54, 1.807) is 0 Å². The van der Waals surface area contributed by atoms with Crippen LogP contribution >= 0.6 is 0 Å². The molecule has 12 aromatic carbocycles. The van der Waals surface area contributed by atoms with Gasteiger partial charge in [0.25, 0.3) is 0 Å². The number of fused-ring (bicyclic) bond motifs is 8. The fourth-order valence-electron chi connectivity index (χ4n) is 10.8. The van der Waals surface area contributed by atoms with Gasteiger partial charge in [0, 0.05) is 0 Å². The standard InChI is InChI=1S/C62H38/c1-5-18-39(19-6-1)56-48-28-15-16-29-49(48)57(40-20-7-2-8-21-40)53-36-43(32-34-50(53)56)44-33-35-51-54(37-44)59(42-24-11-4-12-25-42)62-55-38-45-26-13-14-27-46(45)47-30-17-31-52(60(47)55)61(62)58(51)41-22-9-3-10-23-41/h1-38H. The lowest BCUT2D eigenvalue weighted by Crippen LogP contribution is -1.94. The van der Waals surface area contributed by atoms with Crippen LogP contribution in [0.15, 0.2) is 231 Å². The van der Waals surface area contributed by atoms with E-state index in [1.807, 2.05) is 0 Å². The van der Waals surface area contributed by atoms with Gasteiger partial charge in [-0.25, -0.2) is 0 Å². The van der Waals surface area contributed by atoms with Gasteiger partial charge < -0.3 is 0 Å². The van der Waals surface area contributed by atoms with Gasteiger partial charge in [0.1, 0.15) is 0 Å². The molecule has 0 fully saturated rings. The second-order valence-corrected chi connectivity index (χ2v) is 16.7. The normalized spacial score (nSPS) is 11.9. The first-order valence-corrected chi connectivity index (χ1v) is 21.6. The maximum absolute atomic E-state index is 2.48. The van der Waals surface area contributed by atoms with Crippen LogP contribution in [0.2, 0.25) is 0 Å². The zero-order valence-corrected chi connectivity index (χ0v) is 33.9. The summed E-state index contributed by atoms with van der Waals surface area (Å²) in [5.74, 6) is 0. The van der Waals surface area contributed by atoms with Gasteiger partial charge in [-0.3, -0.25) is 0 Å². The summed E-state index contributed by atoms with van der Waals surface area (Å²) < 4.78 is 0. The van der Waals surface area contributed by atoms with E-state index in [1.165, 1.54) is 132 Å². The molecular formula is C62H38. The number of hydrogen-bond donors (Lipinski definition) is 0. The van der Waals surface area contributed by atoms with Crippen molar-refractivity contribution in [3.63, 3.8) is 0 Å². The van der Waals surface area contributed by atoms with Gasteiger partial charge in [0.05, 0.1) is 0 Å². The van der Waals surface area contributed by atoms with Crippen LogP contribution in [0, 0.1) is 0 Å². The van der Waals surface area contributed by atoms with E-state index in [2.05, 4.69) is 231 Å². The monoisotopic (exact) mass is 782 g/mol. The molecule has 0 nitrogen and oxygen atoms in total. The highest BCUT2D eigenvalue weighted by atomic mass is 14.3. The fraction of sp³-hybridized carbons (Fsp3) is 0. The molecular weight excluding hydrogens is 745 g/mol. The van der Waals surface area contributed by atoms with Crippen molar-refractivity contribution in [2.24, 2.45) is 0 Å². The van der Waals surface area contributed by atoms with Crippen LogP contribution in [0.25, 0.3) is 132 Å².